The van der Waals surface area contributed by atoms with Crippen LogP contribution in [0.5, 0.6) is 0 Å². The van der Waals surface area contributed by atoms with Crippen molar-refractivity contribution >= 4 is 45.5 Å². The van der Waals surface area contributed by atoms with E-state index in [1.165, 1.54) is 18.3 Å². The predicted octanol–water partition coefficient (Wildman–Crippen LogP) is 4.33. The van der Waals surface area contributed by atoms with Gasteiger partial charge in [0, 0.05) is 42.0 Å². The molecule has 0 aliphatic heterocycles. The minimum atomic E-state index is -0.315. The lowest BCUT2D eigenvalue weighted by molar-refractivity contribution is -0.116. The zero-order valence-corrected chi connectivity index (χ0v) is 18.4. The molecule has 9 heteroatoms. The minimum absolute atomic E-state index is 0.0526. The molecule has 2 aromatic carbocycles. The van der Waals surface area contributed by atoms with Crippen LogP contribution in [-0.4, -0.2) is 32.2 Å². The molecule has 0 unspecified atom stereocenters. The van der Waals surface area contributed by atoms with E-state index in [2.05, 4.69) is 20.7 Å². The maximum absolute atomic E-state index is 12.3. The van der Waals surface area contributed by atoms with Crippen LogP contribution in [0.15, 0.2) is 53.9 Å². The number of nitrogens with zero attached hydrogens (tertiary/aromatic N) is 3. The Morgan fingerprint density at radius 3 is 2.38 bits per heavy atom. The van der Waals surface area contributed by atoms with Crippen molar-refractivity contribution in [2.24, 2.45) is 0 Å². The molecule has 0 saturated heterocycles. The van der Waals surface area contributed by atoms with Crippen molar-refractivity contribution in [3.8, 4) is 11.3 Å². The number of rotatable bonds is 7. The second kappa shape index (κ2) is 9.11. The third-order valence-electron chi connectivity index (χ3n) is 4.79. The second-order valence-electron chi connectivity index (χ2n) is 7.35. The molecular weight excluding hydrogens is 426 g/mol. The van der Waals surface area contributed by atoms with E-state index in [-0.39, 0.29) is 36.4 Å². The molecule has 32 heavy (non-hydrogen) atoms. The molecule has 8 nitrogen and oxygen atoms in total. The lowest BCUT2D eigenvalue weighted by Crippen LogP contribution is -2.14. The molecule has 0 atom stereocenters. The van der Waals surface area contributed by atoms with E-state index in [0.717, 1.165) is 16.8 Å². The number of nitrogens with one attached hydrogen (secondary N) is 2. The van der Waals surface area contributed by atoms with E-state index in [9.17, 15) is 14.4 Å². The highest BCUT2D eigenvalue weighted by molar-refractivity contribution is 7.15. The van der Waals surface area contributed by atoms with Gasteiger partial charge in [0.05, 0.1) is 5.69 Å². The summed E-state index contributed by atoms with van der Waals surface area (Å²) in [6.07, 6.45) is 0.167. The number of amides is 2. The molecule has 0 radical (unpaired) electrons. The van der Waals surface area contributed by atoms with Gasteiger partial charge in [0.25, 0.3) is 0 Å². The maximum atomic E-state index is 12.3. The van der Waals surface area contributed by atoms with Crippen LogP contribution in [0.1, 0.15) is 35.7 Å². The summed E-state index contributed by atoms with van der Waals surface area (Å²) in [6.45, 7) is 3.41. The summed E-state index contributed by atoms with van der Waals surface area (Å²) in [5.41, 5.74) is 4.10. The predicted molar refractivity (Wildman–Crippen MR) is 124 cm³/mol. The van der Waals surface area contributed by atoms with Gasteiger partial charge in [-0.1, -0.05) is 42.0 Å². The highest BCUT2D eigenvalue weighted by Crippen LogP contribution is 2.27. The topological polar surface area (TPSA) is 105 Å². The first-order chi connectivity index (χ1) is 15.4. The van der Waals surface area contributed by atoms with E-state index in [4.69, 9.17) is 0 Å². The van der Waals surface area contributed by atoms with Crippen molar-refractivity contribution in [1.29, 1.82) is 0 Å². The molecule has 0 spiro atoms. The molecule has 0 fully saturated rings. The molecule has 4 rings (SSSR count). The summed E-state index contributed by atoms with van der Waals surface area (Å²) in [5.74, 6) is -0.331. The average Bonchev–Trinajstić information content (AvgIpc) is 3.33. The zero-order chi connectivity index (χ0) is 22.7. The first-order valence-corrected chi connectivity index (χ1v) is 10.9. The number of thiazole rings is 1. The number of ketones is 1. The normalized spacial score (nSPS) is 10.8. The van der Waals surface area contributed by atoms with E-state index >= 15 is 0 Å². The Labute approximate surface area is 188 Å². The van der Waals surface area contributed by atoms with Crippen LogP contribution in [0.25, 0.3) is 16.2 Å². The summed E-state index contributed by atoms with van der Waals surface area (Å²) >= 11 is 1.40. The van der Waals surface area contributed by atoms with Crippen molar-refractivity contribution in [3.05, 3.63) is 65.0 Å². The molecule has 2 amide bonds. The Kier molecular flexibility index (Phi) is 6.09. The van der Waals surface area contributed by atoms with Gasteiger partial charge in [0.2, 0.25) is 22.7 Å². The van der Waals surface area contributed by atoms with Gasteiger partial charge in [-0.3, -0.25) is 19.7 Å². The first kappa shape index (κ1) is 21.4. The van der Waals surface area contributed by atoms with Crippen molar-refractivity contribution in [1.82, 2.24) is 14.6 Å². The SMILES string of the molecule is CC(=O)Nc1ccc(-c2csc3nc(NC(=O)CCC(=O)c4ccc(C)cc4)nn23)cc1. The molecule has 2 aromatic heterocycles. The summed E-state index contributed by atoms with van der Waals surface area (Å²) in [6, 6.07) is 14.7. The lowest BCUT2D eigenvalue weighted by atomic mass is 10.1. The van der Waals surface area contributed by atoms with Gasteiger partial charge in [0.1, 0.15) is 0 Å². The first-order valence-electron chi connectivity index (χ1n) is 10.0. The molecule has 0 aliphatic rings. The van der Waals surface area contributed by atoms with Gasteiger partial charge < -0.3 is 5.32 Å². The van der Waals surface area contributed by atoms with Crippen molar-refractivity contribution < 1.29 is 14.4 Å². The number of Topliss-reactive ketones (excluding diaryl/α,β-unsaturated/α-hetero) is 1. The number of anilines is 2. The van der Waals surface area contributed by atoms with Gasteiger partial charge >= 0.3 is 0 Å². The third-order valence-corrected chi connectivity index (χ3v) is 5.60. The molecule has 2 heterocycles. The Balaban J connectivity index is 1.40. The lowest BCUT2D eigenvalue weighted by Gasteiger charge is -2.04. The van der Waals surface area contributed by atoms with Crippen molar-refractivity contribution in [3.63, 3.8) is 0 Å². The third kappa shape index (κ3) is 4.89. The van der Waals surface area contributed by atoms with Gasteiger partial charge in [0.15, 0.2) is 5.78 Å². The highest BCUT2D eigenvalue weighted by Gasteiger charge is 2.15. The van der Waals surface area contributed by atoms with Crippen LogP contribution in [0.2, 0.25) is 0 Å². The van der Waals surface area contributed by atoms with E-state index in [1.807, 2.05) is 48.7 Å². The van der Waals surface area contributed by atoms with Crippen LogP contribution >= 0.6 is 11.3 Å². The van der Waals surface area contributed by atoms with Crippen molar-refractivity contribution in [2.75, 3.05) is 10.6 Å². The van der Waals surface area contributed by atoms with Gasteiger partial charge in [-0.2, -0.15) is 4.98 Å². The van der Waals surface area contributed by atoms with E-state index in [1.54, 1.807) is 16.6 Å². The summed E-state index contributed by atoms with van der Waals surface area (Å²) in [4.78, 5) is 40.7. The number of carbonyl (C=O) groups excluding carboxylic acids is 3. The summed E-state index contributed by atoms with van der Waals surface area (Å²) < 4.78 is 1.66. The van der Waals surface area contributed by atoms with Crippen molar-refractivity contribution in [2.45, 2.75) is 26.7 Å². The highest BCUT2D eigenvalue weighted by atomic mass is 32.1. The van der Waals surface area contributed by atoms with Crippen LogP contribution < -0.4 is 10.6 Å². The van der Waals surface area contributed by atoms with Crippen LogP contribution in [0, 0.1) is 6.92 Å². The monoisotopic (exact) mass is 447 g/mol. The fourth-order valence-corrected chi connectivity index (χ4v) is 3.99. The van der Waals surface area contributed by atoms with Crippen LogP contribution in [0.3, 0.4) is 0 Å². The second-order valence-corrected chi connectivity index (χ2v) is 8.18. The fourth-order valence-electron chi connectivity index (χ4n) is 3.16. The Morgan fingerprint density at radius 1 is 0.969 bits per heavy atom. The number of benzene rings is 2. The number of carbonyl (C=O) groups is 3. The maximum Gasteiger partial charge on any atom is 0.250 e. The Bertz CT molecular complexity index is 1290. The molecule has 0 aliphatic carbocycles. The number of fused-ring (bicyclic) bond motifs is 1. The molecule has 4 aromatic rings. The number of aromatic nitrogens is 3. The Hall–Kier alpha value is -3.85. The fraction of sp³-hybridized carbons (Fsp3) is 0.174. The van der Waals surface area contributed by atoms with Crippen LogP contribution in [-0.2, 0) is 9.59 Å². The number of hydrogen-bond acceptors (Lipinski definition) is 6. The largest absolute Gasteiger partial charge is 0.326 e. The minimum Gasteiger partial charge on any atom is -0.326 e. The number of aryl methyl sites for hydroxylation is 1. The zero-order valence-electron chi connectivity index (χ0n) is 17.6. The molecule has 0 saturated carbocycles. The summed E-state index contributed by atoms with van der Waals surface area (Å²) in [7, 11) is 0. The molecule has 0 bridgehead atoms. The van der Waals surface area contributed by atoms with Gasteiger partial charge in [-0.15, -0.1) is 16.4 Å². The quantitative estimate of drug-likeness (QED) is 0.410. The standard InChI is InChI=1S/C23H21N5O3S/c1-14-3-5-17(6-4-14)20(30)11-12-21(31)25-22-26-23-28(27-22)19(13-32-23)16-7-9-18(10-8-16)24-15(2)29/h3-10,13H,11-12H2,1-2H3,(H,24,29)(H,25,27,31). The van der Waals surface area contributed by atoms with Gasteiger partial charge in [-0.25, -0.2) is 4.52 Å². The summed E-state index contributed by atoms with van der Waals surface area (Å²) in [5, 5.41) is 11.7. The smallest absolute Gasteiger partial charge is 0.250 e. The molecule has 2 N–H and O–H groups in total. The Morgan fingerprint density at radius 2 is 1.69 bits per heavy atom. The molecular formula is C23H21N5O3S. The molecule has 162 valence electrons. The van der Waals surface area contributed by atoms with Gasteiger partial charge in [-0.05, 0) is 19.1 Å². The number of hydrogen-bond donors (Lipinski definition) is 2. The van der Waals surface area contributed by atoms with E-state index in [0.29, 0.717) is 16.2 Å². The average molecular weight is 448 g/mol. The van der Waals surface area contributed by atoms with E-state index < -0.39 is 0 Å². The van der Waals surface area contributed by atoms with Crippen LogP contribution in [0.4, 0.5) is 11.6 Å².